The Balaban J connectivity index is 1.90. The third kappa shape index (κ3) is 5.26. The average Bonchev–Trinajstić information content (AvgIpc) is 2.56. The van der Waals surface area contributed by atoms with Gasteiger partial charge in [0.25, 0.3) is 0 Å². The number of halogens is 1. The summed E-state index contributed by atoms with van der Waals surface area (Å²) < 4.78 is 19.1. The lowest BCUT2D eigenvalue weighted by molar-refractivity contribution is 0.158. The van der Waals surface area contributed by atoms with Crippen molar-refractivity contribution in [3.8, 4) is 11.4 Å². The fraction of sp³-hybridized carbons (Fsp3) is 0.333. The minimum Gasteiger partial charge on any atom is -0.377 e. The van der Waals surface area contributed by atoms with Crippen LogP contribution in [0.15, 0.2) is 31.2 Å². The maximum atomic E-state index is 13.8. The second-order valence-corrected chi connectivity index (χ2v) is 4.71. The van der Waals surface area contributed by atoms with Crippen molar-refractivity contribution in [1.29, 1.82) is 0 Å². The van der Waals surface area contributed by atoms with Crippen LogP contribution >= 0.6 is 0 Å². The minimum absolute atomic E-state index is 0.00551. The van der Waals surface area contributed by atoms with Crippen molar-refractivity contribution >= 4 is 11.8 Å². The zero-order chi connectivity index (χ0) is 16.5. The first-order valence-corrected chi connectivity index (χ1v) is 7.23. The normalized spacial score (nSPS) is 10.5. The number of nitrogens with zero attached hydrogens (tertiary/aromatic N) is 4. The second-order valence-electron chi connectivity index (χ2n) is 4.71. The molecule has 0 aliphatic heterocycles. The molecular weight excluding hydrogens is 299 g/mol. The van der Waals surface area contributed by atoms with Gasteiger partial charge < -0.3 is 15.8 Å². The fourth-order valence-corrected chi connectivity index (χ4v) is 1.86. The van der Waals surface area contributed by atoms with Crippen molar-refractivity contribution in [2.24, 2.45) is 0 Å². The van der Waals surface area contributed by atoms with Gasteiger partial charge in [0.1, 0.15) is 17.8 Å². The van der Waals surface area contributed by atoms with Crippen LogP contribution in [-0.4, -0.2) is 39.7 Å². The zero-order valence-electron chi connectivity index (χ0n) is 12.7. The molecule has 0 atom stereocenters. The topological polar surface area (TPSA) is 98.8 Å². The Hall–Kier alpha value is -2.61. The fourth-order valence-electron chi connectivity index (χ4n) is 1.86. The second kappa shape index (κ2) is 8.74. The van der Waals surface area contributed by atoms with E-state index in [1.165, 1.54) is 6.33 Å². The highest BCUT2D eigenvalue weighted by Gasteiger charge is 2.10. The number of nitrogens with two attached hydrogens (primary N) is 1. The van der Waals surface area contributed by atoms with Gasteiger partial charge in [-0.2, -0.15) is 0 Å². The maximum Gasteiger partial charge on any atom is 0.220 e. The van der Waals surface area contributed by atoms with Gasteiger partial charge in [-0.3, -0.25) is 0 Å². The van der Waals surface area contributed by atoms with Gasteiger partial charge in [0.05, 0.1) is 18.5 Å². The summed E-state index contributed by atoms with van der Waals surface area (Å²) in [7, 11) is 0. The molecule has 2 heterocycles. The Labute approximate surface area is 133 Å². The van der Waals surface area contributed by atoms with E-state index in [0.29, 0.717) is 24.7 Å². The lowest BCUT2D eigenvalue weighted by atomic mass is 10.2. The Bertz CT molecular complexity index is 652. The lowest BCUT2D eigenvalue weighted by Crippen LogP contribution is -2.06. The van der Waals surface area contributed by atoms with Crippen molar-refractivity contribution in [1.82, 2.24) is 19.9 Å². The van der Waals surface area contributed by atoms with E-state index in [1.807, 2.05) is 0 Å². The van der Waals surface area contributed by atoms with Gasteiger partial charge in [-0.15, -0.1) is 6.58 Å². The number of rotatable bonds is 9. The first-order chi connectivity index (χ1) is 11.2. The number of nitrogen functional groups attached to an aromatic ring is 1. The largest absolute Gasteiger partial charge is 0.377 e. The predicted octanol–water partition coefficient (Wildman–Crippen LogP) is 2.05. The number of hydrogen-bond acceptors (Lipinski definition) is 7. The summed E-state index contributed by atoms with van der Waals surface area (Å²) in [6.45, 7) is 5.56. The van der Waals surface area contributed by atoms with Gasteiger partial charge in [0.2, 0.25) is 5.95 Å². The lowest BCUT2D eigenvalue weighted by Gasteiger charge is -2.07. The zero-order valence-corrected chi connectivity index (χ0v) is 12.7. The van der Waals surface area contributed by atoms with E-state index >= 15 is 0 Å². The van der Waals surface area contributed by atoms with Gasteiger partial charge in [-0.05, 0) is 12.8 Å². The highest BCUT2D eigenvalue weighted by Crippen LogP contribution is 2.19. The van der Waals surface area contributed by atoms with Crippen molar-refractivity contribution in [2.75, 3.05) is 30.8 Å². The van der Waals surface area contributed by atoms with E-state index in [4.69, 9.17) is 10.5 Å². The SMILES string of the molecule is C=CCOCCCCNc1cc(-c2nc(N)ncc2F)ncn1. The van der Waals surface area contributed by atoms with Crippen LogP contribution in [0, 0.1) is 5.82 Å². The van der Waals surface area contributed by atoms with Crippen LogP contribution in [0.4, 0.5) is 16.2 Å². The van der Waals surface area contributed by atoms with Crippen LogP contribution in [0.1, 0.15) is 12.8 Å². The number of unbranched alkanes of at least 4 members (excludes halogenated alkanes) is 1. The Kier molecular flexibility index (Phi) is 6.37. The van der Waals surface area contributed by atoms with E-state index in [9.17, 15) is 4.39 Å². The third-order valence-corrected chi connectivity index (χ3v) is 2.93. The molecule has 0 aromatic carbocycles. The monoisotopic (exact) mass is 318 g/mol. The Morgan fingerprint density at radius 3 is 3.00 bits per heavy atom. The number of aromatic nitrogens is 4. The van der Waals surface area contributed by atoms with Crippen molar-refractivity contribution in [3.05, 3.63) is 37.1 Å². The van der Waals surface area contributed by atoms with E-state index < -0.39 is 5.82 Å². The first kappa shape index (κ1) is 16.8. The quantitative estimate of drug-likeness (QED) is 0.539. The minimum atomic E-state index is -0.580. The first-order valence-electron chi connectivity index (χ1n) is 7.23. The highest BCUT2D eigenvalue weighted by atomic mass is 19.1. The summed E-state index contributed by atoms with van der Waals surface area (Å²) >= 11 is 0. The molecule has 0 saturated carbocycles. The van der Waals surface area contributed by atoms with Crippen LogP contribution in [0.5, 0.6) is 0 Å². The van der Waals surface area contributed by atoms with Gasteiger partial charge in [-0.25, -0.2) is 24.3 Å². The molecule has 0 amide bonds. The van der Waals surface area contributed by atoms with E-state index in [2.05, 4.69) is 31.8 Å². The average molecular weight is 318 g/mol. The van der Waals surface area contributed by atoms with Crippen LogP contribution < -0.4 is 11.1 Å². The van der Waals surface area contributed by atoms with Gasteiger partial charge in [-0.1, -0.05) is 6.08 Å². The third-order valence-electron chi connectivity index (χ3n) is 2.93. The Morgan fingerprint density at radius 2 is 2.17 bits per heavy atom. The highest BCUT2D eigenvalue weighted by molar-refractivity contribution is 5.59. The van der Waals surface area contributed by atoms with E-state index in [-0.39, 0.29) is 11.6 Å². The van der Waals surface area contributed by atoms with Crippen molar-refractivity contribution < 1.29 is 9.13 Å². The number of ether oxygens (including phenoxy) is 1. The van der Waals surface area contributed by atoms with Gasteiger partial charge >= 0.3 is 0 Å². The molecule has 8 heteroatoms. The summed E-state index contributed by atoms with van der Waals surface area (Å²) in [4.78, 5) is 15.6. The molecule has 2 rings (SSSR count). The molecule has 7 nitrogen and oxygen atoms in total. The molecule has 23 heavy (non-hydrogen) atoms. The molecule has 0 fully saturated rings. The van der Waals surface area contributed by atoms with Crippen LogP contribution in [0.3, 0.4) is 0 Å². The molecule has 0 aliphatic carbocycles. The molecule has 0 unspecified atom stereocenters. The van der Waals surface area contributed by atoms with Gasteiger partial charge in [0, 0.05) is 19.2 Å². The molecule has 2 aromatic heterocycles. The summed E-state index contributed by atoms with van der Waals surface area (Å²) in [5, 5.41) is 3.16. The molecule has 0 saturated heterocycles. The van der Waals surface area contributed by atoms with Crippen LogP contribution in [0.25, 0.3) is 11.4 Å². The molecule has 0 aliphatic rings. The van der Waals surface area contributed by atoms with Crippen LogP contribution in [-0.2, 0) is 4.74 Å². The number of anilines is 2. The summed E-state index contributed by atoms with van der Waals surface area (Å²) in [6, 6.07) is 1.62. The molecule has 122 valence electrons. The Morgan fingerprint density at radius 1 is 1.30 bits per heavy atom. The molecule has 0 bridgehead atoms. The number of hydrogen-bond donors (Lipinski definition) is 2. The summed E-state index contributed by atoms with van der Waals surface area (Å²) in [5.41, 5.74) is 5.89. The van der Waals surface area contributed by atoms with Crippen LogP contribution in [0.2, 0.25) is 0 Å². The van der Waals surface area contributed by atoms with Crippen molar-refractivity contribution in [3.63, 3.8) is 0 Å². The maximum absolute atomic E-state index is 13.8. The van der Waals surface area contributed by atoms with E-state index in [1.54, 1.807) is 12.1 Å². The smallest absolute Gasteiger partial charge is 0.220 e. The number of nitrogens with one attached hydrogen (secondary N) is 1. The predicted molar refractivity (Wildman–Crippen MR) is 86.2 cm³/mol. The molecule has 0 radical (unpaired) electrons. The van der Waals surface area contributed by atoms with E-state index in [0.717, 1.165) is 25.6 Å². The molecule has 3 N–H and O–H groups in total. The standard InChI is InChI=1S/C15H19FN6O/c1-2-6-23-7-4-3-5-18-13-8-12(20-10-21-13)14-11(16)9-19-15(17)22-14/h2,8-10H,1,3-7H2,(H2,17,19,22)(H,18,20,21). The molecule has 2 aromatic rings. The van der Waals surface area contributed by atoms with Gasteiger partial charge in [0.15, 0.2) is 5.82 Å². The summed E-state index contributed by atoms with van der Waals surface area (Å²) in [6.07, 6.45) is 5.94. The molecular formula is C15H19FN6O. The molecule has 0 spiro atoms. The summed E-state index contributed by atoms with van der Waals surface area (Å²) in [5.74, 6) is 0.0101. The van der Waals surface area contributed by atoms with Crippen molar-refractivity contribution in [2.45, 2.75) is 12.8 Å².